The van der Waals surface area contributed by atoms with E-state index in [9.17, 15) is 35.1 Å². The highest BCUT2D eigenvalue weighted by Crippen LogP contribution is 2.26. The van der Waals surface area contributed by atoms with Crippen molar-refractivity contribution in [1.29, 1.82) is 0 Å². The van der Waals surface area contributed by atoms with Crippen molar-refractivity contribution in [1.82, 2.24) is 5.32 Å². The van der Waals surface area contributed by atoms with Crippen LogP contribution >= 0.6 is 0 Å². The van der Waals surface area contributed by atoms with Crippen LogP contribution in [0.25, 0.3) is 0 Å². The molecule has 1 heterocycles. The summed E-state index contributed by atoms with van der Waals surface area (Å²) in [5, 5.41) is 57.3. The first-order chi connectivity index (χ1) is 41.7. The molecule has 0 radical (unpaired) electrons. The van der Waals surface area contributed by atoms with Gasteiger partial charge in [0.25, 0.3) is 0 Å². The first-order valence-electron chi connectivity index (χ1n) is 35.4. The maximum Gasteiger partial charge on any atom is 0.306 e. The average Bonchev–Trinajstić information content (AvgIpc) is 3.19. The predicted octanol–water partition coefficient (Wildman–Crippen LogP) is 18.1. The van der Waals surface area contributed by atoms with Crippen LogP contribution in [-0.4, -0.2) is 99.6 Å². The van der Waals surface area contributed by atoms with E-state index in [1.165, 1.54) is 161 Å². The SMILES string of the molecule is CCCCC/C=C\C/C=C\C/C=C\CCCCCCCCCCCC(O)C(=O)NC(COC1OC(CO)C(O)C(O)C1OC(=O)CCCCCCCCCC/C=C\C/C=C\C/C=C\CCCCC)C(O)/C=C/CCCCCCCCCCCCC. The highest BCUT2D eigenvalue weighted by molar-refractivity contribution is 5.80. The largest absolute Gasteiger partial charge is 0.454 e. The molecule has 1 rings (SSSR count). The Morgan fingerprint density at radius 2 is 0.812 bits per heavy atom. The van der Waals surface area contributed by atoms with Gasteiger partial charge in [0.2, 0.25) is 5.91 Å². The van der Waals surface area contributed by atoms with Crippen molar-refractivity contribution in [2.45, 2.75) is 359 Å². The zero-order valence-corrected chi connectivity index (χ0v) is 54.7. The molecule has 0 spiro atoms. The zero-order valence-electron chi connectivity index (χ0n) is 54.7. The molecule has 85 heavy (non-hydrogen) atoms. The van der Waals surface area contributed by atoms with Crippen LogP contribution in [0.2, 0.25) is 0 Å². The minimum atomic E-state index is -1.62. The fourth-order valence-corrected chi connectivity index (χ4v) is 10.7. The third-order valence-corrected chi connectivity index (χ3v) is 16.3. The number of nitrogens with one attached hydrogen (secondary N) is 1. The molecule has 6 N–H and O–H groups in total. The van der Waals surface area contributed by atoms with Crippen molar-refractivity contribution in [3.05, 3.63) is 85.1 Å². The highest BCUT2D eigenvalue weighted by Gasteiger charge is 2.47. The summed E-state index contributed by atoms with van der Waals surface area (Å²) in [7, 11) is 0. The second-order valence-electron chi connectivity index (χ2n) is 24.3. The van der Waals surface area contributed by atoms with Gasteiger partial charge in [-0.15, -0.1) is 0 Å². The molecule has 8 atom stereocenters. The summed E-state index contributed by atoms with van der Waals surface area (Å²) in [5.41, 5.74) is 0. The van der Waals surface area contributed by atoms with Crippen molar-refractivity contribution >= 4 is 11.9 Å². The fraction of sp³-hybridized carbons (Fsp3) is 0.784. The summed E-state index contributed by atoms with van der Waals surface area (Å²) in [6.45, 7) is 5.76. The summed E-state index contributed by atoms with van der Waals surface area (Å²) < 4.78 is 17.7. The number of rotatable bonds is 60. The molecule has 1 aliphatic rings. The monoisotopic (exact) mass is 1190 g/mol. The van der Waals surface area contributed by atoms with Gasteiger partial charge >= 0.3 is 5.97 Å². The lowest BCUT2D eigenvalue weighted by molar-refractivity contribution is -0.305. The average molecular weight is 1190 g/mol. The van der Waals surface area contributed by atoms with Gasteiger partial charge in [0.1, 0.15) is 24.4 Å². The molecular weight excluding hydrogens is 1060 g/mol. The summed E-state index contributed by atoms with van der Waals surface area (Å²) in [5.74, 6) is -1.20. The number of ether oxygens (including phenoxy) is 3. The van der Waals surface area contributed by atoms with Gasteiger partial charge in [-0.25, -0.2) is 0 Å². The zero-order chi connectivity index (χ0) is 61.7. The molecule has 492 valence electrons. The Morgan fingerprint density at radius 3 is 1.24 bits per heavy atom. The second kappa shape index (κ2) is 61.1. The number of hydrogen-bond donors (Lipinski definition) is 6. The van der Waals surface area contributed by atoms with Crippen molar-refractivity contribution in [2.75, 3.05) is 13.2 Å². The van der Waals surface area contributed by atoms with Gasteiger partial charge in [-0.2, -0.15) is 0 Å². The Bertz CT molecular complexity index is 1710. The van der Waals surface area contributed by atoms with Crippen LogP contribution in [0.4, 0.5) is 0 Å². The number of aliphatic hydroxyl groups excluding tert-OH is 5. The fourth-order valence-electron chi connectivity index (χ4n) is 10.7. The summed E-state index contributed by atoms with van der Waals surface area (Å²) in [4.78, 5) is 26.7. The van der Waals surface area contributed by atoms with Crippen LogP contribution in [0, 0.1) is 0 Å². The minimum Gasteiger partial charge on any atom is -0.454 e. The first kappa shape index (κ1) is 79.9. The molecule has 8 unspecified atom stereocenters. The number of amides is 1. The van der Waals surface area contributed by atoms with Gasteiger partial charge in [-0.3, -0.25) is 9.59 Å². The number of aliphatic hydroxyl groups is 5. The lowest BCUT2D eigenvalue weighted by Crippen LogP contribution is -2.61. The first-order valence-corrected chi connectivity index (χ1v) is 35.4. The van der Waals surface area contributed by atoms with E-state index in [1.807, 2.05) is 6.08 Å². The smallest absolute Gasteiger partial charge is 0.306 e. The van der Waals surface area contributed by atoms with Gasteiger partial charge in [-0.1, -0.05) is 286 Å². The van der Waals surface area contributed by atoms with Crippen LogP contribution in [0.3, 0.4) is 0 Å². The van der Waals surface area contributed by atoms with Crippen LogP contribution in [0.1, 0.15) is 310 Å². The third kappa shape index (κ3) is 48.4. The number of hydrogen-bond acceptors (Lipinski definition) is 10. The number of unbranched alkanes of at least 4 members (excludes halogenated alkanes) is 34. The molecule has 1 saturated heterocycles. The molecule has 1 aliphatic heterocycles. The van der Waals surface area contributed by atoms with Gasteiger partial charge in [0.15, 0.2) is 12.4 Å². The van der Waals surface area contributed by atoms with E-state index in [0.717, 1.165) is 103 Å². The topological polar surface area (TPSA) is 175 Å². The van der Waals surface area contributed by atoms with E-state index in [4.69, 9.17) is 14.2 Å². The Kier molecular flexibility index (Phi) is 57.4. The molecular formula is C74H131NO10. The number of carbonyl (C=O) groups is 2. The van der Waals surface area contributed by atoms with Gasteiger partial charge in [0.05, 0.1) is 25.4 Å². The molecule has 0 aromatic heterocycles. The van der Waals surface area contributed by atoms with Crippen molar-refractivity contribution < 1.29 is 49.3 Å². The molecule has 0 aromatic carbocycles. The van der Waals surface area contributed by atoms with E-state index in [0.29, 0.717) is 12.8 Å². The normalized spacial score (nSPS) is 18.9. The Morgan fingerprint density at radius 1 is 0.459 bits per heavy atom. The highest BCUT2D eigenvalue weighted by atomic mass is 16.7. The second-order valence-corrected chi connectivity index (χ2v) is 24.3. The molecule has 0 bridgehead atoms. The molecule has 1 fully saturated rings. The minimum absolute atomic E-state index is 0.112. The van der Waals surface area contributed by atoms with Crippen molar-refractivity contribution in [2.24, 2.45) is 0 Å². The van der Waals surface area contributed by atoms with E-state index in [2.05, 4.69) is 99.0 Å². The molecule has 11 heteroatoms. The van der Waals surface area contributed by atoms with Crippen LogP contribution in [0.5, 0.6) is 0 Å². The van der Waals surface area contributed by atoms with E-state index in [1.54, 1.807) is 6.08 Å². The van der Waals surface area contributed by atoms with E-state index < -0.39 is 67.4 Å². The Labute approximate surface area is 521 Å². The molecule has 0 aliphatic carbocycles. The van der Waals surface area contributed by atoms with Crippen LogP contribution in [0.15, 0.2) is 85.1 Å². The van der Waals surface area contributed by atoms with Crippen molar-refractivity contribution in [3.63, 3.8) is 0 Å². The quantitative estimate of drug-likeness (QED) is 0.0195. The Hall–Kier alpha value is -3.16. The van der Waals surface area contributed by atoms with Crippen LogP contribution in [-0.2, 0) is 23.8 Å². The molecule has 0 aromatic rings. The lowest BCUT2D eigenvalue weighted by atomic mass is 9.99. The third-order valence-electron chi connectivity index (χ3n) is 16.3. The lowest BCUT2D eigenvalue weighted by Gasteiger charge is -2.41. The van der Waals surface area contributed by atoms with Crippen LogP contribution < -0.4 is 5.32 Å². The van der Waals surface area contributed by atoms with E-state index >= 15 is 0 Å². The maximum absolute atomic E-state index is 13.5. The number of allylic oxidation sites excluding steroid dienone is 13. The molecule has 0 saturated carbocycles. The van der Waals surface area contributed by atoms with Gasteiger partial charge in [0, 0.05) is 6.42 Å². The maximum atomic E-state index is 13.5. The van der Waals surface area contributed by atoms with Crippen molar-refractivity contribution in [3.8, 4) is 0 Å². The Balaban J connectivity index is 2.62. The molecule has 1 amide bonds. The number of carbonyl (C=O) groups excluding carboxylic acids is 2. The number of esters is 1. The summed E-state index contributed by atoms with van der Waals surface area (Å²) >= 11 is 0. The van der Waals surface area contributed by atoms with Gasteiger partial charge < -0.3 is 45.1 Å². The standard InChI is InChI=1S/C74H131NO10/c1-4-7-10-13-16-19-22-25-27-29-31-33-35-36-38-40-43-46-49-52-55-58-61-67(78)73(82)75-65(66(77)60-57-54-51-48-45-42-24-21-18-15-12-9-6-3)64-83-74-72(71(81)70(80)68(63-76)84-74)85-69(79)62-59-56-53-50-47-44-41-39-37-34-32-30-28-26-23-20-17-14-11-8-5-2/h16-17,19-20,25-28,31-34,57,60,65-68,70-72,74,76-78,80-81H,4-15,18,21-24,29-30,35-56,58-59,61-64H2,1-3H3,(H,75,82)/b19-16-,20-17-,27-25-,28-26-,33-31-,34-32-,60-57+. The van der Waals surface area contributed by atoms with Gasteiger partial charge in [-0.05, 0) is 103 Å². The van der Waals surface area contributed by atoms with E-state index in [-0.39, 0.29) is 19.4 Å². The summed E-state index contributed by atoms with van der Waals surface area (Å²) in [6.07, 6.45) is 70.3. The molecule has 11 nitrogen and oxygen atoms in total. The summed E-state index contributed by atoms with van der Waals surface area (Å²) in [6, 6.07) is -1.03. The predicted molar refractivity (Wildman–Crippen MR) is 356 cm³/mol.